The number of benzene rings is 2. The van der Waals surface area contributed by atoms with E-state index in [2.05, 4.69) is 15.9 Å². The lowest BCUT2D eigenvalue weighted by molar-refractivity contribution is 0.112. The van der Waals surface area contributed by atoms with Gasteiger partial charge in [0.15, 0.2) is 6.29 Å². The van der Waals surface area contributed by atoms with Crippen LogP contribution in [0.1, 0.15) is 10.4 Å². The van der Waals surface area contributed by atoms with Crippen molar-refractivity contribution in [2.75, 3.05) is 0 Å². The standard InChI is InChI=1S/C13H8BrClO2/c14-9-4-6-10(7-5-9)17-13-3-1-2-12(15)11(13)8-16/h1-8H. The van der Waals surface area contributed by atoms with Crippen molar-refractivity contribution in [2.45, 2.75) is 0 Å². The van der Waals surface area contributed by atoms with Crippen LogP contribution in [0.25, 0.3) is 0 Å². The highest BCUT2D eigenvalue weighted by Gasteiger charge is 2.07. The van der Waals surface area contributed by atoms with Crippen LogP contribution in [0, 0.1) is 0 Å². The Hall–Kier alpha value is -1.32. The number of halogens is 2. The summed E-state index contributed by atoms with van der Waals surface area (Å²) in [6.07, 6.45) is 0.691. The van der Waals surface area contributed by atoms with Crippen molar-refractivity contribution in [3.63, 3.8) is 0 Å². The van der Waals surface area contributed by atoms with Gasteiger partial charge in [-0.2, -0.15) is 0 Å². The van der Waals surface area contributed by atoms with Crippen molar-refractivity contribution in [3.8, 4) is 11.5 Å². The minimum atomic E-state index is 0.358. The van der Waals surface area contributed by atoms with Gasteiger partial charge < -0.3 is 4.74 Å². The van der Waals surface area contributed by atoms with Gasteiger partial charge in [0.25, 0.3) is 0 Å². The molecule has 17 heavy (non-hydrogen) atoms. The van der Waals surface area contributed by atoms with Gasteiger partial charge in [-0.15, -0.1) is 0 Å². The maximum absolute atomic E-state index is 10.9. The minimum Gasteiger partial charge on any atom is -0.457 e. The van der Waals surface area contributed by atoms with Gasteiger partial charge in [0.05, 0.1) is 10.6 Å². The molecule has 0 aromatic heterocycles. The number of hydrogen-bond donors (Lipinski definition) is 0. The van der Waals surface area contributed by atoms with E-state index in [4.69, 9.17) is 16.3 Å². The number of carbonyl (C=O) groups excluding carboxylic acids is 1. The van der Waals surface area contributed by atoms with Gasteiger partial charge in [0.1, 0.15) is 11.5 Å². The molecule has 0 unspecified atom stereocenters. The summed E-state index contributed by atoms with van der Waals surface area (Å²) >= 11 is 9.24. The topological polar surface area (TPSA) is 26.3 Å². The lowest BCUT2D eigenvalue weighted by atomic mass is 10.2. The molecule has 0 fully saturated rings. The molecule has 2 aromatic carbocycles. The fourth-order valence-corrected chi connectivity index (χ4v) is 1.82. The summed E-state index contributed by atoms with van der Waals surface area (Å²) in [7, 11) is 0. The molecule has 2 rings (SSSR count). The lowest BCUT2D eigenvalue weighted by Crippen LogP contribution is -1.91. The molecule has 0 atom stereocenters. The largest absolute Gasteiger partial charge is 0.457 e. The molecule has 0 aliphatic rings. The Labute approximate surface area is 112 Å². The molecule has 2 aromatic rings. The maximum Gasteiger partial charge on any atom is 0.155 e. The van der Waals surface area contributed by atoms with Gasteiger partial charge in [0.2, 0.25) is 0 Å². The van der Waals surface area contributed by atoms with E-state index >= 15 is 0 Å². The molecule has 0 saturated carbocycles. The second-order valence-corrected chi connectivity index (χ2v) is 4.65. The van der Waals surface area contributed by atoms with E-state index < -0.39 is 0 Å². The van der Waals surface area contributed by atoms with Crippen molar-refractivity contribution in [1.82, 2.24) is 0 Å². The van der Waals surface area contributed by atoms with Crippen molar-refractivity contribution in [2.24, 2.45) is 0 Å². The van der Waals surface area contributed by atoms with Gasteiger partial charge in [-0.05, 0) is 36.4 Å². The van der Waals surface area contributed by atoms with Crippen LogP contribution in [0.15, 0.2) is 46.9 Å². The van der Waals surface area contributed by atoms with Crippen molar-refractivity contribution >= 4 is 33.8 Å². The van der Waals surface area contributed by atoms with Gasteiger partial charge in [-0.25, -0.2) is 0 Å². The third-order valence-corrected chi connectivity index (χ3v) is 3.03. The van der Waals surface area contributed by atoms with E-state index in [-0.39, 0.29) is 0 Å². The summed E-state index contributed by atoms with van der Waals surface area (Å²) < 4.78 is 6.56. The predicted molar refractivity (Wildman–Crippen MR) is 71.1 cm³/mol. The smallest absolute Gasteiger partial charge is 0.155 e. The molecule has 4 heteroatoms. The van der Waals surface area contributed by atoms with E-state index in [0.717, 1.165) is 4.47 Å². The molecular formula is C13H8BrClO2. The molecule has 0 aliphatic heterocycles. The molecule has 86 valence electrons. The predicted octanol–water partition coefficient (Wildman–Crippen LogP) is 4.71. The highest BCUT2D eigenvalue weighted by molar-refractivity contribution is 9.10. The average Bonchev–Trinajstić information content (AvgIpc) is 2.32. The Bertz CT molecular complexity index is 538. The van der Waals surface area contributed by atoms with Crippen LogP contribution in [0.2, 0.25) is 5.02 Å². The number of carbonyl (C=O) groups is 1. The van der Waals surface area contributed by atoms with Crippen LogP contribution in [0.5, 0.6) is 11.5 Å². The lowest BCUT2D eigenvalue weighted by Gasteiger charge is -2.08. The van der Waals surface area contributed by atoms with Crippen molar-refractivity contribution in [1.29, 1.82) is 0 Å². The SMILES string of the molecule is O=Cc1c(Cl)cccc1Oc1ccc(Br)cc1. The Kier molecular flexibility index (Phi) is 3.82. The highest BCUT2D eigenvalue weighted by atomic mass is 79.9. The summed E-state index contributed by atoms with van der Waals surface area (Å²) in [4.78, 5) is 10.9. The first-order chi connectivity index (χ1) is 8.20. The fraction of sp³-hybridized carbons (Fsp3) is 0. The monoisotopic (exact) mass is 310 g/mol. The van der Waals surface area contributed by atoms with Crippen molar-refractivity contribution in [3.05, 3.63) is 57.5 Å². The van der Waals surface area contributed by atoms with E-state index in [1.807, 2.05) is 12.1 Å². The first-order valence-corrected chi connectivity index (χ1v) is 6.05. The molecular weight excluding hydrogens is 303 g/mol. The van der Waals surface area contributed by atoms with Crippen LogP contribution in [0.4, 0.5) is 0 Å². The molecule has 0 amide bonds. The number of aldehydes is 1. The summed E-state index contributed by atoms with van der Waals surface area (Å²) in [5.41, 5.74) is 0.358. The molecule has 0 radical (unpaired) electrons. The van der Waals surface area contributed by atoms with E-state index in [0.29, 0.717) is 28.4 Å². The zero-order valence-corrected chi connectivity index (χ0v) is 11.0. The van der Waals surface area contributed by atoms with Gasteiger partial charge in [-0.3, -0.25) is 4.79 Å². The molecule has 0 spiro atoms. The van der Waals surface area contributed by atoms with Crippen LogP contribution in [0.3, 0.4) is 0 Å². The average molecular weight is 312 g/mol. The Morgan fingerprint density at radius 1 is 1.12 bits per heavy atom. The number of ether oxygens (including phenoxy) is 1. The zero-order chi connectivity index (χ0) is 12.3. The summed E-state index contributed by atoms with van der Waals surface area (Å²) in [6, 6.07) is 12.4. The first-order valence-electron chi connectivity index (χ1n) is 4.88. The van der Waals surface area contributed by atoms with E-state index in [9.17, 15) is 4.79 Å². The Morgan fingerprint density at radius 2 is 1.82 bits per heavy atom. The summed E-state index contributed by atoms with van der Waals surface area (Å²) in [5.74, 6) is 1.10. The fourth-order valence-electron chi connectivity index (χ4n) is 1.35. The summed E-state index contributed by atoms with van der Waals surface area (Å²) in [6.45, 7) is 0. The Balaban J connectivity index is 2.33. The molecule has 0 aliphatic carbocycles. The zero-order valence-electron chi connectivity index (χ0n) is 8.69. The van der Waals surface area contributed by atoms with Gasteiger partial charge >= 0.3 is 0 Å². The summed E-state index contributed by atoms with van der Waals surface area (Å²) in [5, 5.41) is 0.384. The van der Waals surface area contributed by atoms with E-state index in [1.165, 1.54) is 0 Å². The van der Waals surface area contributed by atoms with Crippen LogP contribution < -0.4 is 4.74 Å². The van der Waals surface area contributed by atoms with Crippen LogP contribution in [-0.4, -0.2) is 6.29 Å². The molecule has 0 heterocycles. The number of hydrogen-bond acceptors (Lipinski definition) is 2. The molecule has 2 nitrogen and oxygen atoms in total. The molecule has 0 bridgehead atoms. The number of rotatable bonds is 3. The van der Waals surface area contributed by atoms with Gasteiger partial charge in [0, 0.05) is 4.47 Å². The Morgan fingerprint density at radius 3 is 2.47 bits per heavy atom. The highest BCUT2D eigenvalue weighted by Crippen LogP contribution is 2.29. The third-order valence-electron chi connectivity index (χ3n) is 2.17. The molecule has 0 saturated heterocycles. The maximum atomic E-state index is 10.9. The first kappa shape index (κ1) is 12.1. The van der Waals surface area contributed by atoms with Gasteiger partial charge in [-0.1, -0.05) is 33.6 Å². The third kappa shape index (κ3) is 2.87. The quantitative estimate of drug-likeness (QED) is 0.768. The van der Waals surface area contributed by atoms with Crippen molar-refractivity contribution < 1.29 is 9.53 Å². The van der Waals surface area contributed by atoms with E-state index in [1.54, 1.807) is 30.3 Å². The second-order valence-electron chi connectivity index (χ2n) is 3.33. The minimum absolute atomic E-state index is 0.358. The van der Waals surface area contributed by atoms with Crippen LogP contribution in [-0.2, 0) is 0 Å². The molecule has 0 N–H and O–H groups in total. The second kappa shape index (κ2) is 5.34. The van der Waals surface area contributed by atoms with Crippen LogP contribution >= 0.6 is 27.5 Å². The normalized spacial score (nSPS) is 10.0.